The number of hydrogen-bond acceptors (Lipinski definition) is 5. The standard InChI is InChI=1S/C16H10N2O5/c19-16(20)14-13(11-7-4-8-12(9-11)18(21)22)17-15(23-14)10-5-2-1-3-6-10/h1-9H,(H,19,20). The summed E-state index contributed by atoms with van der Waals surface area (Å²) in [4.78, 5) is 25.9. The van der Waals surface area contributed by atoms with Crippen molar-refractivity contribution in [3.63, 3.8) is 0 Å². The molecule has 0 aliphatic carbocycles. The Balaban J connectivity index is 2.15. The monoisotopic (exact) mass is 310 g/mol. The molecule has 0 amide bonds. The molecule has 1 aromatic heterocycles. The fourth-order valence-corrected chi connectivity index (χ4v) is 2.13. The van der Waals surface area contributed by atoms with Crippen LogP contribution in [0.15, 0.2) is 59.0 Å². The van der Waals surface area contributed by atoms with Gasteiger partial charge in [0.1, 0.15) is 5.69 Å². The van der Waals surface area contributed by atoms with E-state index in [-0.39, 0.29) is 23.0 Å². The highest BCUT2D eigenvalue weighted by Gasteiger charge is 2.22. The second-order valence-corrected chi connectivity index (χ2v) is 4.68. The minimum absolute atomic E-state index is 0.0556. The molecular weight excluding hydrogens is 300 g/mol. The Bertz CT molecular complexity index is 886. The Morgan fingerprint density at radius 3 is 2.43 bits per heavy atom. The second-order valence-electron chi connectivity index (χ2n) is 4.68. The second kappa shape index (κ2) is 5.72. The third-order valence-electron chi connectivity index (χ3n) is 3.17. The molecule has 0 atom stereocenters. The van der Waals surface area contributed by atoms with Crippen LogP contribution in [0.1, 0.15) is 10.6 Å². The lowest BCUT2D eigenvalue weighted by Gasteiger charge is -1.97. The predicted octanol–water partition coefficient (Wildman–Crippen LogP) is 3.62. The van der Waals surface area contributed by atoms with Gasteiger partial charge in [0.05, 0.1) is 4.92 Å². The minimum atomic E-state index is -1.29. The number of benzene rings is 2. The van der Waals surface area contributed by atoms with Crippen LogP contribution < -0.4 is 0 Å². The van der Waals surface area contributed by atoms with Gasteiger partial charge in [-0.15, -0.1) is 0 Å². The van der Waals surface area contributed by atoms with Gasteiger partial charge in [-0.25, -0.2) is 9.78 Å². The van der Waals surface area contributed by atoms with E-state index >= 15 is 0 Å². The summed E-state index contributed by atoms with van der Waals surface area (Å²) in [5, 5.41) is 20.2. The van der Waals surface area contributed by atoms with Crippen molar-refractivity contribution in [1.82, 2.24) is 4.98 Å². The molecule has 3 aromatic rings. The average Bonchev–Trinajstić information content (AvgIpc) is 3.01. The highest BCUT2D eigenvalue weighted by molar-refractivity contribution is 5.92. The molecule has 0 radical (unpaired) electrons. The van der Waals surface area contributed by atoms with Crippen LogP contribution in [0.3, 0.4) is 0 Å². The van der Waals surface area contributed by atoms with E-state index in [1.807, 2.05) is 6.07 Å². The topological polar surface area (TPSA) is 106 Å². The van der Waals surface area contributed by atoms with Crippen LogP contribution in [-0.2, 0) is 0 Å². The van der Waals surface area contributed by atoms with Crippen LogP contribution in [0, 0.1) is 10.1 Å². The predicted molar refractivity (Wildman–Crippen MR) is 81.0 cm³/mol. The molecule has 0 aliphatic rings. The van der Waals surface area contributed by atoms with Crippen molar-refractivity contribution in [3.05, 3.63) is 70.5 Å². The van der Waals surface area contributed by atoms with Gasteiger partial charge in [-0.2, -0.15) is 0 Å². The molecule has 0 fully saturated rings. The number of aromatic carboxylic acids is 1. The van der Waals surface area contributed by atoms with Crippen molar-refractivity contribution < 1.29 is 19.2 Å². The van der Waals surface area contributed by atoms with Gasteiger partial charge in [0.2, 0.25) is 11.7 Å². The summed E-state index contributed by atoms with van der Waals surface area (Å²) in [6.45, 7) is 0. The highest BCUT2D eigenvalue weighted by Crippen LogP contribution is 2.30. The summed E-state index contributed by atoms with van der Waals surface area (Å²) < 4.78 is 5.34. The maximum Gasteiger partial charge on any atom is 0.374 e. The SMILES string of the molecule is O=C(O)c1oc(-c2ccccc2)nc1-c1cccc([N+](=O)[O-])c1. The molecule has 3 rings (SSSR count). The highest BCUT2D eigenvalue weighted by atomic mass is 16.6. The Kier molecular flexibility index (Phi) is 3.60. The largest absolute Gasteiger partial charge is 0.475 e. The van der Waals surface area contributed by atoms with E-state index in [1.165, 1.54) is 18.2 Å². The van der Waals surface area contributed by atoms with Crippen molar-refractivity contribution in [3.8, 4) is 22.7 Å². The van der Waals surface area contributed by atoms with Gasteiger partial charge < -0.3 is 9.52 Å². The third-order valence-corrected chi connectivity index (χ3v) is 3.17. The molecule has 0 unspecified atom stereocenters. The van der Waals surface area contributed by atoms with Gasteiger partial charge in [0.25, 0.3) is 5.69 Å². The molecule has 0 saturated carbocycles. The number of non-ortho nitro benzene ring substituents is 1. The molecule has 0 spiro atoms. The van der Waals surface area contributed by atoms with E-state index in [9.17, 15) is 20.0 Å². The fourth-order valence-electron chi connectivity index (χ4n) is 2.13. The number of hydrogen-bond donors (Lipinski definition) is 1. The number of nitro benzene ring substituents is 1. The smallest absolute Gasteiger partial charge is 0.374 e. The number of nitro groups is 1. The molecule has 1 heterocycles. The molecule has 0 bridgehead atoms. The Morgan fingerprint density at radius 2 is 1.78 bits per heavy atom. The minimum Gasteiger partial charge on any atom is -0.475 e. The van der Waals surface area contributed by atoms with Gasteiger partial charge in [0.15, 0.2) is 0 Å². The summed E-state index contributed by atoms with van der Waals surface area (Å²) in [6, 6.07) is 14.4. The molecule has 114 valence electrons. The van der Waals surface area contributed by atoms with Gasteiger partial charge in [-0.1, -0.05) is 30.3 Å². The van der Waals surface area contributed by atoms with Crippen molar-refractivity contribution in [2.45, 2.75) is 0 Å². The van der Waals surface area contributed by atoms with Crippen LogP contribution >= 0.6 is 0 Å². The van der Waals surface area contributed by atoms with Crippen LogP contribution in [0.2, 0.25) is 0 Å². The van der Waals surface area contributed by atoms with E-state index in [0.29, 0.717) is 11.1 Å². The third kappa shape index (κ3) is 2.80. The first-order valence-electron chi connectivity index (χ1n) is 6.60. The van der Waals surface area contributed by atoms with Gasteiger partial charge >= 0.3 is 5.97 Å². The number of rotatable bonds is 4. The zero-order valence-electron chi connectivity index (χ0n) is 11.7. The normalized spacial score (nSPS) is 10.4. The molecular formula is C16H10N2O5. The number of carboxylic acids is 1. The molecule has 0 aliphatic heterocycles. The van der Waals surface area contributed by atoms with E-state index in [0.717, 1.165) is 0 Å². The first-order valence-corrected chi connectivity index (χ1v) is 6.60. The van der Waals surface area contributed by atoms with Crippen LogP contribution in [0.4, 0.5) is 5.69 Å². The quantitative estimate of drug-likeness (QED) is 0.582. The lowest BCUT2D eigenvalue weighted by molar-refractivity contribution is -0.384. The van der Waals surface area contributed by atoms with Crippen molar-refractivity contribution in [1.29, 1.82) is 0 Å². The van der Waals surface area contributed by atoms with E-state index in [1.54, 1.807) is 30.3 Å². The van der Waals surface area contributed by atoms with Gasteiger partial charge in [-0.05, 0) is 12.1 Å². The Hall–Kier alpha value is -3.48. The van der Waals surface area contributed by atoms with Crippen molar-refractivity contribution in [2.24, 2.45) is 0 Å². The maximum atomic E-state index is 11.4. The van der Waals surface area contributed by atoms with Crippen LogP contribution in [0.25, 0.3) is 22.7 Å². The Labute approximate surface area is 130 Å². The van der Waals surface area contributed by atoms with Gasteiger partial charge in [-0.3, -0.25) is 10.1 Å². The molecule has 7 nitrogen and oxygen atoms in total. The molecule has 2 aromatic carbocycles. The number of carbonyl (C=O) groups is 1. The van der Waals surface area contributed by atoms with Crippen LogP contribution in [0.5, 0.6) is 0 Å². The van der Waals surface area contributed by atoms with E-state index in [4.69, 9.17) is 4.42 Å². The summed E-state index contributed by atoms with van der Waals surface area (Å²) in [6.07, 6.45) is 0. The lowest BCUT2D eigenvalue weighted by atomic mass is 10.1. The Morgan fingerprint density at radius 1 is 1.09 bits per heavy atom. The maximum absolute atomic E-state index is 11.4. The fraction of sp³-hybridized carbons (Fsp3) is 0. The van der Waals surface area contributed by atoms with Crippen molar-refractivity contribution in [2.75, 3.05) is 0 Å². The summed E-state index contributed by atoms with van der Waals surface area (Å²) in [5.41, 5.74) is 0.831. The number of nitrogens with zero attached hydrogens (tertiary/aromatic N) is 2. The number of aromatic nitrogens is 1. The zero-order valence-corrected chi connectivity index (χ0v) is 11.7. The average molecular weight is 310 g/mol. The summed E-state index contributed by atoms with van der Waals surface area (Å²) in [7, 11) is 0. The first kappa shape index (κ1) is 14.5. The number of carboxylic acid groups (broad SMARTS) is 1. The van der Waals surface area contributed by atoms with E-state index < -0.39 is 10.9 Å². The van der Waals surface area contributed by atoms with Crippen LogP contribution in [-0.4, -0.2) is 21.0 Å². The summed E-state index contributed by atoms with van der Waals surface area (Å²) >= 11 is 0. The van der Waals surface area contributed by atoms with Crippen molar-refractivity contribution >= 4 is 11.7 Å². The number of oxazole rings is 1. The van der Waals surface area contributed by atoms with Gasteiger partial charge in [0, 0.05) is 23.3 Å². The summed E-state index contributed by atoms with van der Waals surface area (Å²) in [5.74, 6) is -1.50. The van der Waals surface area contributed by atoms with E-state index in [2.05, 4.69) is 4.98 Å². The molecule has 23 heavy (non-hydrogen) atoms. The molecule has 7 heteroatoms. The lowest BCUT2D eigenvalue weighted by Crippen LogP contribution is -1.97. The molecule has 0 saturated heterocycles. The zero-order chi connectivity index (χ0) is 16.4. The first-order chi connectivity index (χ1) is 11.1. The molecule has 1 N–H and O–H groups in total.